The van der Waals surface area contributed by atoms with E-state index in [-0.39, 0.29) is 18.9 Å². The molecule has 1 aliphatic rings. The van der Waals surface area contributed by atoms with Crippen molar-refractivity contribution in [3.05, 3.63) is 34.6 Å². The van der Waals surface area contributed by atoms with E-state index >= 15 is 0 Å². The summed E-state index contributed by atoms with van der Waals surface area (Å²) in [6, 6.07) is 7.28. The first-order chi connectivity index (χ1) is 9.09. The summed E-state index contributed by atoms with van der Waals surface area (Å²) < 4.78 is 0. The number of para-hydroxylation sites is 1. The first kappa shape index (κ1) is 17.7. The van der Waals surface area contributed by atoms with Gasteiger partial charge in [-0.25, -0.2) is 0 Å². The van der Waals surface area contributed by atoms with E-state index in [1.54, 1.807) is 0 Å². The SMILES string of the molecule is CC(C)c1cccc(C(C)C)c1[N-]C1CCCCC1.[Li+]. The second-order valence-electron chi connectivity index (χ2n) is 6.52. The maximum atomic E-state index is 5.16. The quantitative estimate of drug-likeness (QED) is 0.742. The molecule has 0 spiro atoms. The van der Waals surface area contributed by atoms with E-state index in [9.17, 15) is 0 Å². The summed E-state index contributed by atoms with van der Waals surface area (Å²) in [5, 5.41) is 5.16. The molecule has 1 nitrogen and oxygen atoms in total. The van der Waals surface area contributed by atoms with Crippen LogP contribution in [-0.2, 0) is 0 Å². The van der Waals surface area contributed by atoms with E-state index in [0.29, 0.717) is 17.9 Å². The van der Waals surface area contributed by atoms with Crippen LogP contribution in [0.1, 0.15) is 82.8 Å². The van der Waals surface area contributed by atoms with Gasteiger partial charge in [-0.05, 0) is 11.8 Å². The van der Waals surface area contributed by atoms with Crippen LogP contribution in [0.15, 0.2) is 18.2 Å². The summed E-state index contributed by atoms with van der Waals surface area (Å²) in [6.45, 7) is 9.11. The zero-order valence-corrected chi connectivity index (χ0v) is 13.9. The molecule has 1 aromatic carbocycles. The third-order valence-corrected chi connectivity index (χ3v) is 4.23. The van der Waals surface area contributed by atoms with Crippen LogP contribution in [0.3, 0.4) is 0 Å². The number of hydrogen-bond acceptors (Lipinski definition) is 0. The van der Waals surface area contributed by atoms with Crippen LogP contribution in [0.4, 0.5) is 5.69 Å². The maximum Gasteiger partial charge on any atom is 1.00 e. The van der Waals surface area contributed by atoms with Crippen molar-refractivity contribution in [2.75, 3.05) is 0 Å². The molecule has 1 aliphatic carbocycles. The molecule has 20 heavy (non-hydrogen) atoms. The number of hydrogen-bond donors (Lipinski definition) is 0. The minimum Gasteiger partial charge on any atom is -0.681 e. The molecule has 0 bridgehead atoms. The zero-order chi connectivity index (χ0) is 13.8. The fourth-order valence-corrected chi connectivity index (χ4v) is 3.05. The molecule has 0 amide bonds. The van der Waals surface area contributed by atoms with Gasteiger partial charge in [0.1, 0.15) is 0 Å². The van der Waals surface area contributed by atoms with Crippen molar-refractivity contribution in [3.8, 4) is 0 Å². The molecular weight excluding hydrogens is 237 g/mol. The van der Waals surface area contributed by atoms with Crippen molar-refractivity contribution in [2.24, 2.45) is 0 Å². The van der Waals surface area contributed by atoms with Crippen LogP contribution < -0.4 is 18.9 Å². The topological polar surface area (TPSA) is 14.1 Å². The fraction of sp³-hybridized carbons (Fsp3) is 0.667. The molecule has 106 valence electrons. The van der Waals surface area contributed by atoms with Crippen LogP contribution in [0.5, 0.6) is 0 Å². The molecule has 1 aromatic rings. The summed E-state index contributed by atoms with van der Waals surface area (Å²) in [5.41, 5.74) is 4.16. The normalized spacial score (nSPS) is 16.3. The van der Waals surface area contributed by atoms with Crippen LogP contribution >= 0.6 is 0 Å². The van der Waals surface area contributed by atoms with Gasteiger partial charge in [-0.1, -0.05) is 89.1 Å². The van der Waals surface area contributed by atoms with Gasteiger partial charge in [-0.3, -0.25) is 0 Å². The van der Waals surface area contributed by atoms with Crippen molar-refractivity contribution >= 4 is 5.69 Å². The monoisotopic (exact) mass is 265 g/mol. The van der Waals surface area contributed by atoms with Gasteiger partial charge >= 0.3 is 18.9 Å². The maximum absolute atomic E-state index is 5.16. The molecule has 0 heterocycles. The first-order valence-electron chi connectivity index (χ1n) is 7.93. The van der Waals surface area contributed by atoms with Gasteiger partial charge in [0.25, 0.3) is 0 Å². The zero-order valence-electron chi connectivity index (χ0n) is 13.9. The Morgan fingerprint density at radius 3 is 1.85 bits per heavy atom. The molecule has 0 atom stereocenters. The molecule has 0 N–H and O–H groups in total. The Bertz CT molecular complexity index is 380. The average Bonchev–Trinajstić information content (AvgIpc) is 2.39. The van der Waals surface area contributed by atoms with Crippen molar-refractivity contribution in [2.45, 2.75) is 77.7 Å². The van der Waals surface area contributed by atoms with E-state index < -0.39 is 0 Å². The Kier molecular flexibility index (Phi) is 7.21. The van der Waals surface area contributed by atoms with E-state index in [2.05, 4.69) is 45.9 Å². The molecule has 0 saturated heterocycles. The van der Waals surface area contributed by atoms with E-state index in [1.807, 2.05) is 0 Å². The largest absolute Gasteiger partial charge is 1.00 e. The second kappa shape index (κ2) is 8.16. The van der Waals surface area contributed by atoms with Crippen LogP contribution in [0, 0.1) is 0 Å². The molecule has 0 aromatic heterocycles. The molecule has 1 fully saturated rings. The van der Waals surface area contributed by atoms with Crippen LogP contribution in [0.2, 0.25) is 0 Å². The Morgan fingerprint density at radius 1 is 0.900 bits per heavy atom. The Labute approximate surface area is 137 Å². The minimum absolute atomic E-state index is 0. The molecule has 2 heteroatoms. The summed E-state index contributed by atoms with van der Waals surface area (Å²) >= 11 is 0. The van der Waals surface area contributed by atoms with Gasteiger partial charge in [0.15, 0.2) is 0 Å². The predicted molar refractivity (Wildman–Crippen MR) is 84.5 cm³/mol. The molecular formula is C18H28LiN. The minimum atomic E-state index is 0. The fourth-order valence-electron chi connectivity index (χ4n) is 3.05. The molecule has 0 radical (unpaired) electrons. The van der Waals surface area contributed by atoms with Crippen molar-refractivity contribution in [3.63, 3.8) is 0 Å². The van der Waals surface area contributed by atoms with Gasteiger partial charge in [0.05, 0.1) is 0 Å². The third kappa shape index (κ3) is 4.30. The van der Waals surface area contributed by atoms with E-state index in [4.69, 9.17) is 5.32 Å². The Balaban J connectivity index is 0.00000200. The smallest absolute Gasteiger partial charge is 0.681 e. The molecule has 2 rings (SSSR count). The van der Waals surface area contributed by atoms with Crippen molar-refractivity contribution in [1.29, 1.82) is 0 Å². The molecule has 1 saturated carbocycles. The van der Waals surface area contributed by atoms with E-state index in [0.717, 1.165) is 0 Å². The summed E-state index contributed by atoms with van der Waals surface area (Å²) in [6.07, 6.45) is 6.67. The Morgan fingerprint density at radius 2 is 1.40 bits per heavy atom. The summed E-state index contributed by atoms with van der Waals surface area (Å²) in [7, 11) is 0. The number of nitrogens with zero attached hydrogens (tertiary/aromatic N) is 1. The first-order valence-corrected chi connectivity index (χ1v) is 7.93. The predicted octanol–water partition coefficient (Wildman–Crippen LogP) is 3.28. The number of benzene rings is 1. The van der Waals surface area contributed by atoms with Gasteiger partial charge in [0, 0.05) is 0 Å². The standard InChI is InChI=1S/C18H28N.Li/c1-13(2)16-11-8-12-17(14(3)4)18(16)19-15-9-6-5-7-10-15;/h8,11-15H,5-7,9-10H2,1-4H3;/q-1;+1. The van der Waals surface area contributed by atoms with Gasteiger partial charge in [0.2, 0.25) is 0 Å². The molecule has 0 unspecified atom stereocenters. The van der Waals surface area contributed by atoms with Gasteiger partial charge in [-0.2, -0.15) is 0 Å². The van der Waals surface area contributed by atoms with Crippen LogP contribution in [-0.4, -0.2) is 6.04 Å². The third-order valence-electron chi connectivity index (χ3n) is 4.23. The summed E-state index contributed by atoms with van der Waals surface area (Å²) in [5.74, 6) is 1.11. The number of rotatable bonds is 4. The van der Waals surface area contributed by atoms with Gasteiger partial charge < -0.3 is 5.32 Å². The second-order valence-corrected chi connectivity index (χ2v) is 6.52. The van der Waals surface area contributed by atoms with Crippen molar-refractivity contribution in [1.82, 2.24) is 0 Å². The molecule has 0 aliphatic heterocycles. The van der Waals surface area contributed by atoms with E-state index in [1.165, 1.54) is 48.9 Å². The van der Waals surface area contributed by atoms with Gasteiger partial charge in [-0.15, -0.1) is 11.7 Å². The summed E-state index contributed by atoms with van der Waals surface area (Å²) in [4.78, 5) is 0. The van der Waals surface area contributed by atoms with Crippen molar-refractivity contribution < 1.29 is 18.9 Å². The van der Waals surface area contributed by atoms with Crippen LogP contribution in [0.25, 0.3) is 5.32 Å². The average molecular weight is 265 g/mol. The Hall–Kier alpha value is -0.383.